The monoisotopic (exact) mass is 317 g/mol. The van der Waals surface area contributed by atoms with Gasteiger partial charge in [-0.05, 0) is 29.3 Å². The van der Waals surface area contributed by atoms with Crippen molar-refractivity contribution in [3.05, 3.63) is 102 Å². The van der Waals surface area contributed by atoms with E-state index in [9.17, 15) is 4.79 Å². The molecule has 24 heavy (non-hydrogen) atoms. The van der Waals surface area contributed by atoms with Crippen LogP contribution in [0.1, 0.15) is 16.8 Å². The second-order valence-electron chi connectivity index (χ2n) is 5.47. The predicted octanol–water partition coefficient (Wildman–Crippen LogP) is 4.29. The van der Waals surface area contributed by atoms with E-state index in [0.29, 0.717) is 0 Å². The fourth-order valence-electron chi connectivity index (χ4n) is 2.43. The lowest BCUT2D eigenvalue weighted by atomic mass is 10.2. The van der Waals surface area contributed by atoms with Crippen LogP contribution in [0.3, 0.4) is 0 Å². The minimum absolute atomic E-state index is 0.287. The third-order valence-corrected chi connectivity index (χ3v) is 3.67. The van der Waals surface area contributed by atoms with Crippen molar-refractivity contribution in [1.29, 1.82) is 0 Å². The number of ether oxygens (including phenoxy) is 1. The van der Waals surface area contributed by atoms with Crippen LogP contribution in [-0.4, -0.2) is 10.5 Å². The maximum atomic E-state index is 11.9. The molecule has 0 atom stereocenters. The highest BCUT2D eigenvalue weighted by Gasteiger charge is 2.01. The average molecular weight is 317 g/mol. The summed E-state index contributed by atoms with van der Waals surface area (Å²) in [5, 5.41) is 0. The number of esters is 1. The number of aromatic nitrogens is 1. The largest absolute Gasteiger partial charge is 0.458 e. The Kier molecular flexibility index (Phi) is 5.25. The fourth-order valence-corrected chi connectivity index (χ4v) is 2.43. The fraction of sp³-hybridized carbons (Fsp3) is 0.0952. The second-order valence-corrected chi connectivity index (χ2v) is 5.47. The van der Waals surface area contributed by atoms with Gasteiger partial charge in [-0.2, -0.15) is 0 Å². The van der Waals surface area contributed by atoms with Crippen molar-refractivity contribution in [2.45, 2.75) is 13.2 Å². The molecule has 0 aliphatic carbocycles. The van der Waals surface area contributed by atoms with Gasteiger partial charge in [0.05, 0.1) is 0 Å². The molecule has 3 heteroatoms. The van der Waals surface area contributed by atoms with Crippen molar-refractivity contribution in [2.75, 3.05) is 0 Å². The van der Waals surface area contributed by atoms with Gasteiger partial charge in [0.25, 0.3) is 0 Å². The summed E-state index contributed by atoms with van der Waals surface area (Å²) in [5.41, 5.74) is 3.16. The zero-order valence-corrected chi connectivity index (χ0v) is 13.3. The molecule has 0 radical (unpaired) electrons. The van der Waals surface area contributed by atoms with Gasteiger partial charge in [-0.15, -0.1) is 0 Å². The molecule has 0 aliphatic rings. The van der Waals surface area contributed by atoms with E-state index in [-0.39, 0.29) is 12.6 Å². The van der Waals surface area contributed by atoms with E-state index < -0.39 is 0 Å². The third kappa shape index (κ3) is 4.46. The molecule has 1 heterocycles. The average Bonchev–Trinajstić information content (AvgIpc) is 3.07. The maximum absolute atomic E-state index is 11.9. The summed E-state index contributed by atoms with van der Waals surface area (Å²) in [4.78, 5) is 11.9. The van der Waals surface area contributed by atoms with Crippen LogP contribution in [-0.2, 0) is 22.7 Å². The Hall–Kier alpha value is -3.07. The van der Waals surface area contributed by atoms with Gasteiger partial charge < -0.3 is 9.30 Å². The molecule has 0 unspecified atom stereocenters. The SMILES string of the molecule is O=C(/C=C/c1cccn1Cc1ccccc1)OCc1ccccc1. The van der Waals surface area contributed by atoms with Crippen LogP contribution in [0.25, 0.3) is 6.08 Å². The summed E-state index contributed by atoms with van der Waals surface area (Å²) in [6.07, 6.45) is 5.26. The van der Waals surface area contributed by atoms with Gasteiger partial charge >= 0.3 is 5.97 Å². The molecule has 0 spiro atoms. The minimum atomic E-state index is -0.341. The van der Waals surface area contributed by atoms with E-state index in [1.165, 1.54) is 11.6 Å². The highest BCUT2D eigenvalue weighted by molar-refractivity contribution is 5.86. The van der Waals surface area contributed by atoms with Crippen molar-refractivity contribution < 1.29 is 9.53 Å². The minimum Gasteiger partial charge on any atom is -0.458 e. The molecule has 3 nitrogen and oxygen atoms in total. The molecule has 1 aromatic heterocycles. The van der Waals surface area contributed by atoms with Crippen LogP contribution in [0.15, 0.2) is 85.1 Å². The second kappa shape index (κ2) is 7.97. The van der Waals surface area contributed by atoms with Crippen molar-refractivity contribution in [3.8, 4) is 0 Å². The van der Waals surface area contributed by atoms with E-state index in [1.54, 1.807) is 6.08 Å². The predicted molar refractivity (Wildman–Crippen MR) is 95.2 cm³/mol. The standard InChI is InChI=1S/C21H19NO2/c23-21(24-17-19-10-5-2-6-11-19)14-13-20-12-7-15-22(20)16-18-8-3-1-4-9-18/h1-15H,16-17H2/b14-13+. The Morgan fingerprint density at radius 1 is 0.875 bits per heavy atom. The van der Waals surface area contributed by atoms with Gasteiger partial charge in [0.15, 0.2) is 0 Å². The van der Waals surface area contributed by atoms with E-state index in [4.69, 9.17) is 4.74 Å². The van der Waals surface area contributed by atoms with Crippen LogP contribution in [0.4, 0.5) is 0 Å². The molecule has 0 bridgehead atoms. The molecule has 3 rings (SSSR count). The zero-order chi connectivity index (χ0) is 16.6. The lowest BCUT2D eigenvalue weighted by Crippen LogP contribution is -2.02. The molecule has 0 amide bonds. The van der Waals surface area contributed by atoms with Gasteiger partial charge in [-0.25, -0.2) is 4.79 Å². The van der Waals surface area contributed by atoms with Gasteiger partial charge in [0.2, 0.25) is 0 Å². The first-order valence-corrected chi connectivity index (χ1v) is 7.89. The van der Waals surface area contributed by atoms with Gasteiger partial charge in [0, 0.05) is 24.5 Å². The Morgan fingerprint density at radius 3 is 2.25 bits per heavy atom. The molecule has 0 saturated carbocycles. The highest BCUT2D eigenvalue weighted by atomic mass is 16.5. The summed E-state index contributed by atoms with van der Waals surface area (Å²) < 4.78 is 7.34. The van der Waals surface area contributed by atoms with Crippen LogP contribution in [0.2, 0.25) is 0 Å². The molecule has 2 aromatic carbocycles. The van der Waals surface area contributed by atoms with Gasteiger partial charge in [0.1, 0.15) is 6.61 Å². The number of hydrogen-bond donors (Lipinski definition) is 0. The number of benzene rings is 2. The van der Waals surface area contributed by atoms with E-state index in [0.717, 1.165) is 17.8 Å². The lowest BCUT2D eigenvalue weighted by Gasteiger charge is -2.06. The number of carbonyl (C=O) groups excluding carboxylic acids is 1. The van der Waals surface area contributed by atoms with Crippen LogP contribution >= 0.6 is 0 Å². The Labute approximate surface area is 141 Å². The summed E-state index contributed by atoms with van der Waals surface area (Å²) in [6.45, 7) is 1.06. The van der Waals surface area contributed by atoms with Gasteiger partial charge in [-0.1, -0.05) is 60.7 Å². The van der Waals surface area contributed by atoms with Crippen molar-refractivity contribution in [1.82, 2.24) is 4.57 Å². The highest BCUT2D eigenvalue weighted by Crippen LogP contribution is 2.10. The normalized spacial score (nSPS) is 10.8. The molecule has 0 N–H and O–H groups in total. The molecular formula is C21H19NO2. The zero-order valence-electron chi connectivity index (χ0n) is 13.3. The molecule has 120 valence electrons. The number of hydrogen-bond acceptors (Lipinski definition) is 2. The Bertz CT molecular complexity index is 804. The first kappa shape index (κ1) is 15.8. The molecule has 0 aliphatic heterocycles. The number of carbonyl (C=O) groups is 1. The third-order valence-electron chi connectivity index (χ3n) is 3.67. The van der Waals surface area contributed by atoms with E-state index >= 15 is 0 Å². The van der Waals surface area contributed by atoms with Crippen LogP contribution in [0.5, 0.6) is 0 Å². The van der Waals surface area contributed by atoms with E-state index in [1.807, 2.05) is 66.9 Å². The van der Waals surface area contributed by atoms with Crippen molar-refractivity contribution in [3.63, 3.8) is 0 Å². The first-order chi connectivity index (χ1) is 11.8. The van der Waals surface area contributed by atoms with E-state index in [2.05, 4.69) is 16.7 Å². The quantitative estimate of drug-likeness (QED) is 0.501. The molecule has 0 fully saturated rings. The molecular weight excluding hydrogens is 298 g/mol. The molecule has 3 aromatic rings. The summed E-state index contributed by atoms with van der Waals surface area (Å²) in [6, 6.07) is 23.8. The summed E-state index contributed by atoms with van der Waals surface area (Å²) >= 11 is 0. The van der Waals surface area contributed by atoms with Crippen LogP contribution < -0.4 is 0 Å². The lowest BCUT2D eigenvalue weighted by molar-refractivity contribution is -0.138. The number of nitrogens with zero attached hydrogens (tertiary/aromatic N) is 1. The topological polar surface area (TPSA) is 31.2 Å². The van der Waals surface area contributed by atoms with Gasteiger partial charge in [-0.3, -0.25) is 0 Å². The maximum Gasteiger partial charge on any atom is 0.331 e. The van der Waals surface area contributed by atoms with Crippen molar-refractivity contribution >= 4 is 12.0 Å². The number of rotatable bonds is 6. The smallest absolute Gasteiger partial charge is 0.331 e. The Morgan fingerprint density at radius 2 is 1.54 bits per heavy atom. The Balaban J connectivity index is 1.58. The van der Waals surface area contributed by atoms with Crippen molar-refractivity contribution in [2.24, 2.45) is 0 Å². The first-order valence-electron chi connectivity index (χ1n) is 7.89. The molecule has 0 saturated heterocycles. The summed E-state index contributed by atoms with van der Waals surface area (Å²) in [5.74, 6) is -0.341. The summed E-state index contributed by atoms with van der Waals surface area (Å²) in [7, 11) is 0. The van der Waals surface area contributed by atoms with Crippen LogP contribution in [0, 0.1) is 0 Å².